The molecule has 1 aliphatic heterocycles. The molecule has 3 saturated carbocycles. The third kappa shape index (κ3) is 5.05. The summed E-state index contributed by atoms with van der Waals surface area (Å²) < 4.78 is 11.9. The van der Waals surface area contributed by atoms with Crippen molar-refractivity contribution in [1.82, 2.24) is 4.90 Å². The molecule has 0 bridgehead atoms. The summed E-state index contributed by atoms with van der Waals surface area (Å²) in [5, 5.41) is 22.7. The smallest absolute Gasteiger partial charge is 0.306 e. The second-order valence-corrected chi connectivity index (χ2v) is 14.1. The summed E-state index contributed by atoms with van der Waals surface area (Å²) >= 11 is 0. The molecule has 5 aliphatic rings. The molecule has 6 rings (SSSR count). The molecular formula is C34H40N2O11. The molecule has 0 spiro atoms. The van der Waals surface area contributed by atoms with Gasteiger partial charge in [-0.05, 0) is 56.3 Å². The second-order valence-electron chi connectivity index (χ2n) is 14.1. The molecule has 11 atom stereocenters. The van der Waals surface area contributed by atoms with E-state index >= 15 is 0 Å². The van der Waals surface area contributed by atoms with Gasteiger partial charge in [0.05, 0.1) is 36.2 Å². The molecule has 1 aromatic carbocycles. The standard InChI is InChI=1S/C34H40N2O11/c1-14-17-7-6-8-19(38)23(17)28(40)24-22(14)30(47-21(39)10-5-4-9-20-18-12-16(37)11-15(18)13-46-20)26-27(36(2)3)29(41)25(33(35)44)32(43)34(26,45)31(24)42/h6-8,14-15,18,20,22,24-27,30,38,45H,4-5,9-13H2,1-3H3,(H2,35,44)/t14-,15?,18?,20?,22+,24?,25?,26+,27-,30-,34-/m1/s1. The maximum Gasteiger partial charge on any atom is 0.306 e. The highest BCUT2D eigenvalue weighted by Crippen LogP contribution is 2.55. The number of ether oxygens (including phenoxy) is 2. The number of primary amides is 1. The zero-order chi connectivity index (χ0) is 34.1. The Balaban J connectivity index is 1.32. The van der Waals surface area contributed by atoms with Crippen molar-refractivity contribution in [2.75, 3.05) is 20.7 Å². The van der Waals surface area contributed by atoms with Crippen LogP contribution < -0.4 is 5.73 Å². The Morgan fingerprint density at radius 2 is 1.81 bits per heavy atom. The quantitative estimate of drug-likeness (QED) is 0.199. The number of aromatic hydroxyl groups is 1. The Morgan fingerprint density at radius 3 is 2.49 bits per heavy atom. The molecule has 13 nitrogen and oxygen atoms in total. The molecule has 4 N–H and O–H groups in total. The highest BCUT2D eigenvalue weighted by molar-refractivity contribution is 6.32. The van der Waals surface area contributed by atoms with Gasteiger partial charge in [-0.25, -0.2) is 0 Å². The van der Waals surface area contributed by atoms with Crippen LogP contribution in [-0.4, -0.2) is 100 Å². The molecular weight excluding hydrogens is 612 g/mol. The van der Waals surface area contributed by atoms with E-state index in [0.717, 1.165) is 0 Å². The molecule has 4 aliphatic carbocycles. The van der Waals surface area contributed by atoms with Gasteiger partial charge in [0, 0.05) is 25.2 Å². The molecule has 1 aromatic rings. The molecule has 13 heteroatoms. The average Bonchev–Trinajstić information content (AvgIpc) is 3.55. The molecule has 1 amide bonds. The Morgan fingerprint density at radius 1 is 1.09 bits per heavy atom. The summed E-state index contributed by atoms with van der Waals surface area (Å²) in [4.78, 5) is 94.9. The van der Waals surface area contributed by atoms with E-state index in [1.54, 1.807) is 13.0 Å². The number of unbranched alkanes of at least 4 members (excludes halogenated alkanes) is 1. The largest absolute Gasteiger partial charge is 0.507 e. The first-order valence-electron chi connectivity index (χ1n) is 16.2. The number of fused-ring (bicyclic) bond motifs is 4. The lowest BCUT2D eigenvalue weighted by Crippen LogP contribution is -2.78. The van der Waals surface area contributed by atoms with Crippen molar-refractivity contribution in [2.45, 2.75) is 75.2 Å². The van der Waals surface area contributed by atoms with Crippen molar-refractivity contribution in [3.63, 3.8) is 0 Å². The number of hydrogen-bond donors (Lipinski definition) is 3. The lowest BCUT2D eigenvalue weighted by atomic mass is 9.49. The minimum absolute atomic E-state index is 0.0634. The van der Waals surface area contributed by atoms with Gasteiger partial charge in [0.25, 0.3) is 0 Å². The van der Waals surface area contributed by atoms with Crippen molar-refractivity contribution in [3.8, 4) is 5.75 Å². The van der Waals surface area contributed by atoms with Gasteiger partial charge in [-0.1, -0.05) is 25.5 Å². The lowest BCUT2D eigenvalue weighted by Gasteiger charge is -2.56. The normalized spacial score (nSPS) is 37.8. The number of likely N-dealkylation sites (N-methyl/N-ethyl adjacent to an activating group) is 1. The first-order chi connectivity index (χ1) is 22.2. The van der Waals surface area contributed by atoms with Crippen LogP contribution in [0.3, 0.4) is 0 Å². The number of aliphatic hydroxyl groups is 1. The second kappa shape index (κ2) is 12.0. The van der Waals surface area contributed by atoms with E-state index in [2.05, 4.69) is 0 Å². The van der Waals surface area contributed by atoms with Crippen molar-refractivity contribution in [1.29, 1.82) is 0 Å². The minimum atomic E-state index is -3.07. The SMILES string of the molecule is C[C@@H]1c2cccc(O)c2C(=O)C2C(=O)[C@@]3(O)C(=O)C(C(N)=O)C(=O)[C@H](N(C)C)[C@H]3[C@H](OC(=O)CCCCC3OCC4CC(=O)CC43)[C@H]21. The zero-order valence-electron chi connectivity index (χ0n) is 26.5. The Kier molecular flexibility index (Phi) is 8.46. The zero-order valence-corrected chi connectivity index (χ0v) is 26.5. The van der Waals surface area contributed by atoms with Crippen LogP contribution in [0, 0.1) is 35.5 Å². The fourth-order valence-electron chi connectivity index (χ4n) is 9.13. The van der Waals surface area contributed by atoms with Gasteiger partial charge in [-0.2, -0.15) is 0 Å². The lowest BCUT2D eigenvalue weighted by molar-refractivity contribution is -0.205. The van der Waals surface area contributed by atoms with Gasteiger partial charge in [0.2, 0.25) is 5.91 Å². The minimum Gasteiger partial charge on any atom is -0.507 e. The number of phenolic OH excluding ortho intramolecular Hbond substituents is 1. The van der Waals surface area contributed by atoms with Gasteiger partial charge < -0.3 is 25.4 Å². The van der Waals surface area contributed by atoms with Crippen LogP contribution >= 0.6 is 0 Å². The number of amides is 1. The molecule has 0 aromatic heterocycles. The monoisotopic (exact) mass is 652 g/mol. The van der Waals surface area contributed by atoms with E-state index in [4.69, 9.17) is 15.2 Å². The number of ketones is 5. The number of rotatable bonds is 8. The molecule has 0 radical (unpaired) electrons. The van der Waals surface area contributed by atoms with Crippen LogP contribution in [-0.2, 0) is 38.2 Å². The number of esters is 1. The highest BCUT2D eigenvalue weighted by atomic mass is 16.5. The third-order valence-electron chi connectivity index (χ3n) is 11.3. The van der Waals surface area contributed by atoms with Gasteiger partial charge in [0.15, 0.2) is 34.7 Å². The van der Waals surface area contributed by atoms with Crippen LogP contribution in [0.25, 0.3) is 0 Å². The van der Waals surface area contributed by atoms with Crippen molar-refractivity contribution in [2.24, 2.45) is 41.2 Å². The first-order valence-corrected chi connectivity index (χ1v) is 16.2. The molecule has 252 valence electrons. The van der Waals surface area contributed by atoms with E-state index in [1.807, 2.05) is 0 Å². The predicted octanol–water partition coefficient (Wildman–Crippen LogP) is 0.504. The average molecular weight is 653 g/mol. The third-order valence-corrected chi connectivity index (χ3v) is 11.3. The maximum absolute atomic E-state index is 14.3. The van der Waals surface area contributed by atoms with Gasteiger partial charge in [0.1, 0.15) is 17.6 Å². The van der Waals surface area contributed by atoms with Crippen LogP contribution in [0.15, 0.2) is 18.2 Å². The van der Waals surface area contributed by atoms with Gasteiger partial charge in [-0.15, -0.1) is 0 Å². The number of phenols is 1. The Labute approximate surface area is 271 Å². The highest BCUT2D eigenvalue weighted by Gasteiger charge is 2.74. The maximum atomic E-state index is 14.3. The summed E-state index contributed by atoms with van der Waals surface area (Å²) in [6.45, 7) is 2.24. The molecule has 4 fully saturated rings. The summed E-state index contributed by atoms with van der Waals surface area (Å²) in [5.41, 5.74) is 2.61. The molecule has 47 heavy (non-hydrogen) atoms. The van der Waals surface area contributed by atoms with Crippen LogP contribution in [0.1, 0.15) is 67.3 Å². The van der Waals surface area contributed by atoms with Gasteiger partial charge in [-0.3, -0.25) is 38.5 Å². The van der Waals surface area contributed by atoms with Crippen LogP contribution in [0.4, 0.5) is 0 Å². The van der Waals surface area contributed by atoms with E-state index in [0.29, 0.717) is 44.3 Å². The topological polar surface area (TPSA) is 208 Å². The van der Waals surface area contributed by atoms with Crippen molar-refractivity contribution in [3.05, 3.63) is 29.3 Å². The van der Waals surface area contributed by atoms with E-state index in [9.17, 15) is 43.8 Å². The van der Waals surface area contributed by atoms with Crippen molar-refractivity contribution >= 4 is 40.8 Å². The summed E-state index contributed by atoms with van der Waals surface area (Å²) in [7, 11) is 2.92. The Hall–Kier alpha value is -3.81. The number of hydrogen-bond acceptors (Lipinski definition) is 12. The fourth-order valence-corrected chi connectivity index (χ4v) is 9.13. The summed E-state index contributed by atoms with van der Waals surface area (Å²) in [6.07, 6.45) is 1.06. The van der Waals surface area contributed by atoms with E-state index in [-0.39, 0.29) is 41.5 Å². The number of Topliss-reactive ketones (excluding diaryl/α,β-unsaturated/α-hetero) is 5. The summed E-state index contributed by atoms with van der Waals surface area (Å²) in [6, 6.07) is 2.97. The fraction of sp³-hybridized carbons (Fsp3) is 0.618. The molecule has 1 heterocycles. The molecule has 1 saturated heterocycles. The van der Waals surface area contributed by atoms with Crippen LogP contribution in [0.5, 0.6) is 5.75 Å². The number of carbonyl (C=O) groups excluding carboxylic acids is 7. The first kappa shape index (κ1) is 33.1. The Bertz CT molecular complexity index is 1570. The van der Waals surface area contributed by atoms with E-state index in [1.165, 1.54) is 31.1 Å². The number of benzene rings is 1. The number of nitrogens with zero attached hydrogens (tertiary/aromatic N) is 1. The predicted molar refractivity (Wildman–Crippen MR) is 161 cm³/mol. The van der Waals surface area contributed by atoms with E-state index < -0.39 is 82.3 Å². The van der Waals surface area contributed by atoms with Gasteiger partial charge >= 0.3 is 5.97 Å². The van der Waals surface area contributed by atoms with Crippen LogP contribution in [0.2, 0.25) is 0 Å². The van der Waals surface area contributed by atoms with Crippen molar-refractivity contribution < 1.29 is 53.2 Å². The summed E-state index contributed by atoms with van der Waals surface area (Å²) in [5.74, 6) is -13.6. The molecule has 5 unspecified atom stereocenters. The number of carbonyl (C=O) groups is 7. The number of nitrogens with two attached hydrogens (primary N) is 1.